The van der Waals surface area contributed by atoms with Gasteiger partial charge in [0, 0.05) is 0 Å². The van der Waals surface area contributed by atoms with E-state index in [1.807, 2.05) is 4.72 Å². The average Bonchev–Trinajstić information content (AvgIpc) is 2.47. The van der Waals surface area contributed by atoms with Gasteiger partial charge in [0.25, 0.3) is 5.92 Å². The summed E-state index contributed by atoms with van der Waals surface area (Å²) in [6.07, 6.45) is 0. The van der Waals surface area contributed by atoms with Crippen molar-refractivity contribution in [1.82, 2.24) is 4.72 Å². The summed E-state index contributed by atoms with van der Waals surface area (Å²) in [5, 5.41) is 0. The molecule has 0 aromatic heterocycles. The highest BCUT2D eigenvalue weighted by Crippen LogP contribution is 2.20. The van der Waals surface area contributed by atoms with Gasteiger partial charge in [0.1, 0.15) is 5.82 Å². The number of benzene rings is 1. The Kier molecular flexibility index (Phi) is 7.96. The molecule has 0 heterocycles. The van der Waals surface area contributed by atoms with Crippen molar-refractivity contribution in [2.24, 2.45) is 5.73 Å². The summed E-state index contributed by atoms with van der Waals surface area (Å²) in [6, 6.07) is 2.30. The van der Waals surface area contributed by atoms with Crippen LogP contribution in [0.1, 0.15) is 6.92 Å². The molecule has 1 rings (SSSR count). The van der Waals surface area contributed by atoms with Crippen LogP contribution in [0.15, 0.2) is 23.1 Å². The van der Waals surface area contributed by atoms with Gasteiger partial charge in [-0.25, -0.2) is 34.7 Å². The molecule has 0 saturated heterocycles. The Hall–Kier alpha value is -1.08. The zero-order valence-corrected chi connectivity index (χ0v) is 14.9. The molecule has 0 aliphatic heterocycles. The Balaban J connectivity index is 0.00000529. The number of hydrogen-bond donors (Lipinski definition) is 3. The van der Waals surface area contributed by atoms with E-state index in [9.17, 15) is 30.0 Å². The maximum atomic E-state index is 13.8. The fraction of sp³-hybridized carbons (Fsp3) is 0.455. The molecule has 0 radical (unpaired) electrons. The average molecular weight is 412 g/mol. The summed E-state index contributed by atoms with van der Waals surface area (Å²) < 4.78 is 89.6. The van der Waals surface area contributed by atoms with Gasteiger partial charge in [-0.15, -0.1) is 12.4 Å². The molecule has 0 bridgehead atoms. The minimum atomic E-state index is -4.39. The lowest BCUT2D eigenvalue weighted by atomic mass is 10.3. The zero-order valence-electron chi connectivity index (χ0n) is 12.4. The number of anilines is 1. The van der Waals surface area contributed by atoms with Gasteiger partial charge in [0.15, 0.2) is 0 Å². The van der Waals surface area contributed by atoms with Crippen LogP contribution >= 0.6 is 12.4 Å². The second-order valence-corrected chi connectivity index (χ2v) is 8.31. The summed E-state index contributed by atoms with van der Waals surface area (Å²) in [5.41, 5.74) is 4.33. The largest absolute Gasteiger partial charge is 0.325 e. The molecule has 0 aliphatic rings. The summed E-state index contributed by atoms with van der Waals surface area (Å²) in [6.45, 7) is -0.958. The van der Waals surface area contributed by atoms with E-state index in [-0.39, 0.29) is 18.2 Å². The Labute approximate surface area is 144 Å². The van der Waals surface area contributed by atoms with Crippen LogP contribution in [-0.2, 0) is 20.0 Å². The van der Waals surface area contributed by atoms with Crippen LogP contribution in [0, 0.1) is 5.82 Å². The molecule has 0 saturated carbocycles. The minimum Gasteiger partial charge on any atom is -0.325 e. The third-order valence-electron chi connectivity index (χ3n) is 2.72. The first-order valence-corrected chi connectivity index (χ1v) is 9.43. The summed E-state index contributed by atoms with van der Waals surface area (Å²) in [4.78, 5) is -0.623. The molecule has 1 aromatic rings. The van der Waals surface area contributed by atoms with Gasteiger partial charge in [-0.2, -0.15) is 0 Å². The minimum absolute atomic E-state index is 0. The van der Waals surface area contributed by atoms with E-state index in [0.29, 0.717) is 6.07 Å². The van der Waals surface area contributed by atoms with Gasteiger partial charge in [0.2, 0.25) is 20.0 Å². The second-order valence-electron chi connectivity index (χ2n) is 4.53. The predicted octanol–water partition coefficient (Wildman–Crippen LogP) is 0.881. The molecule has 0 spiro atoms. The van der Waals surface area contributed by atoms with Crippen LogP contribution < -0.4 is 15.2 Å². The second kappa shape index (κ2) is 8.34. The third-order valence-corrected chi connectivity index (χ3v) is 5.41. The SMILES string of the molecule is CCS(=O)(=O)Nc1ccc(S(=O)(=O)NCC(F)(F)CN)cc1F.Cl. The molecule has 1 aromatic carbocycles. The molecule has 24 heavy (non-hydrogen) atoms. The number of hydrogen-bond acceptors (Lipinski definition) is 5. The number of rotatable bonds is 8. The van der Waals surface area contributed by atoms with Crippen molar-refractivity contribution in [1.29, 1.82) is 0 Å². The van der Waals surface area contributed by atoms with E-state index in [0.717, 1.165) is 12.1 Å². The standard InChI is InChI=1S/C11H16F3N3O4S2.ClH/c1-2-22(18,19)17-10-4-3-8(5-9(10)12)23(20,21)16-7-11(13,14)6-15;/h3-5,16-17H,2,6-7,15H2,1H3;1H. The van der Waals surface area contributed by atoms with Gasteiger partial charge < -0.3 is 5.73 Å². The number of sulfonamides is 2. The number of nitrogens with two attached hydrogens (primary N) is 1. The lowest BCUT2D eigenvalue weighted by Crippen LogP contribution is -2.41. The predicted molar refractivity (Wildman–Crippen MR) is 85.9 cm³/mol. The van der Waals surface area contributed by atoms with Gasteiger partial charge in [-0.1, -0.05) is 0 Å². The molecule has 0 atom stereocenters. The van der Waals surface area contributed by atoms with Crippen LogP contribution in [-0.4, -0.2) is 41.6 Å². The first-order valence-electron chi connectivity index (χ1n) is 6.30. The quantitative estimate of drug-likeness (QED) is 0.586. The van der Waals surface area contributed by atoms with Crippen LogP contribution in [0.5, 0.6) is 0 Å². The Morgan fingerprint density at radius 1 is 1.21 bits per heavy atom. The van der Waals surface area contributed by atoms with Crippen molar-refractivity contribution in [3.05, 3.63) is 24.0 Å². The fourth-order valence-corrected chi connectivity index (χ4v) is 3.06. The highest BCUT2D eigenvalue weighted by atomic mass is 35.5. The van der Waals surface area contributed by atoms with Gasteiger partial charge in [-0.05, 0) is 25.1 Å². The summed E-state index contributed by atoms with van der Waals surface area (Å²) in [7, 11) is -8.14. The highest BCUT2D eigenvalue weighted by Gasteiger charge is 2.29. The topological polar surface area (TPSA) is 118 Å². The zero-order chi connectivity index (χ0) is 17.9. The van der Waals surface area contributed by atoms with Gasteiger partial charge >= 0.3 is 0 Å². The van der Waals surface area contributed by atoms with Crippen LogP contribution in [0.4, 0.5) is 18.9 Å². The van der Waals surface area contributed by atoms with Gasteiger partial charge in [0.05, 0.1) is 29.4 Å². The molecule has 13 heteroatoms. The Morgan fingerprint density at radius 2 is 1.79 bits per heavy atom. The molecule has 0 unspecified atom stereocenters. The lowest BCUT2D eigenvalue weighted by Gasteiger charge is -2.15. The molecular weight excluding hydrogens is 395 g/mol. The molecule has 0 aliphatic carbocycles. The molecule has 140 valence electrons. The van der Waals surface area contributed by atoms with E-state index in [1.165, 1.54) is 6.92 Å². The van der Waals surface area contributed by atoms with E-state index < -0.39 is 55.5 Å². The number of alkyl halides is 2. The highest BCUT2D eigenvalue weighted by molar-refractivity contribution is 7.92. The normalized spacial score (nSPS) is 12.5. The monoisotopic (exact) mass is 411 g/mol. The molecule has 4 N–H and O–H groups in total. The van der Waals surface area contributed by atoms with Crippen LogP contribution in [0.25, 0.3) is 0 Å². The van der Waals surface area contributed by atoms with E-state index in [2.05, 4.69) is 0 Å². The number of halogens is 4. The molecular formula is C11H17ClF3N3O4S2. The number of nitrogens with one attached hydrogen (secondary N) is 2. The third kappa shape index (κ3) is 6.43. The summed E-state index contributed by atoms with van der Waals surface area (Å²) in [5.74, 6) is -4.90. The van der Waals surface area contributed by atoms with E-state index in [1.54, 1.807) is 4.72 Å². The molecule has 7 nitrogen and oxygen atoms in total. The van der Waals surface area contributed by atoms with Crippen molar-refractivity contribution in [2.45, 2.75) is 17.7 Å². The Morgan fingerprint density at radius 3 is 2.25 bits per heavy atom. The summed E-state index contributed by atoms with van der Waals surface area (Å²) >= 11 is 0. The van der Waals surface area contributed by atoms with Crippen LogP contribution in [0.2, 0.25) is 0 Å². The van der Waals surface area contributed by atoms with Crippen molar-refractivity contribution in [3.63, 3.8) is 0 Å². The van der Waals surface area contributed by atoms with Crippen LogP contribution in [0.3, 0.4) is 0 Å². The van der Waals surface area contributed by atoms with Crippen molar-refractivity contribution in [2.75, 3.05) is 23.6 Å². The first-order chi connectivity index (χ1) is 10.4. The maximum Gasteiger partial charge on any atom is 0.273 e. The van der Waals surface area contributed by atoms with E-state index >= 15 is 0 Å². The smallest absolute Gasteiger partial charge is 0.273 e. The van der Waals surface area contributed by atoms with E-state index in [4.69, 9.17) is 5.73 Å². The lowest BCUT2D eigenvalue weighted by molar-refractivity contribution is 0.0170. The maximum absolute atomic E-state index is 13.8. The van der Waals surface area contributed by atoms with Crippen molar-refractivity contribution < 1.29 is 30.0 Å². The Bertz CT molecular complexity index is 773. The fourth-order valence-electron chi connectivity index (χ4n) is 1.34. The van der Waals surface area contributed by atoms with Gasteiger partial charge in [-0.3, -0.25) is 4.72 Å². The first kappa shape index (κ1) is 22.9. The van der Waals surface area contributed by atoms with Crippen molar-refractivity contribution >= 4 is 38.1 Å². The molecule has 0 fully saturated rings. The molecule has 0 amide bonds. The van der Waals surface area contributed by atoms with Crippen molar-refractivity contribution in [3.8, 4) is 0 Å².